The molecule has 0 saturated heterocycles. The highest BCUT2D eigenvalue weighted by Crippen LogP contribution is 2.30. The quantitative estimate of drug-likeness (QED) is 0.836. The van der Waals surface area contributed by atoms with Gasteiger partial charge in [-0.3, -0.25) is 4.79 Å². The minimum absolute atomic E-state index is 0.107. The first-order valence-corrected chi connectivity index (χ1v) is 7.83. The lowest BCUT2D eigenvalue weighted by atomic mass is 9.83. The van der Waals surface area contributed by atoms with Gasteiger partial charge in [0.25, 0.3) is 5.91 Å². The molecule has 0 heterocycles. The van der Waals surface area contributed by atoms with Crippen LogP contribution in [0.2, 0.25) is 0 Å². The summed E-state index contributed by atoms with van der Waals surface area (Å²) in [7, 11) is 0. The minimum atomic E-state index is -0.274. The van der Waals surface area contributed by atoms with Crippen LogP contribution in [-0.2, 0) is 0 Å². The predicted octanol–water partition coefficient (Wildman–Crippen LogP) is 3.96. The summed E-state index contributed by atoms with van der Waals surface area (Å²) in [6.07, 6.45) is 5.54. The van der Waals surface area contributed by atoms with E-state index < -0.39 is 0 Å². The summed E-state index contributed by atoms with van der Waals surface area (Å²) in [4.78, 5) is 12.3. The van der Waals surface area contributed by atoms with Crippen LogP contribution in [0.15, 0.2) is 18.2 Å². The molecule has 0 aliphatic heterocycles. The molecule has 0 spiro atoms. The van der Waals surface area contributed by atoms with Crippen molar-refractivity contribution in [2.24, 2.45) is 0 Å². The molecule has 1 aromatic carbocycles. The van der Waals surface area contributed by atoms with Crippen LogP contribution in [0.4, 0.5) is 4.39 Å². The normalized spacial score (nSPS) is 18.1. The molecular formula is C15H19BrFNO. The first kappa shape index (κ1) is 14.5. The molecule has 1 aromatic rings. The van der Waals surface area contributed by atoms with Gasteiger partial charge < -0.3 is 5.32 Å². The molecule has 0 aromatic heterocycles. The number of halogens is 2. The predicted molar refractivity (Wildman–Crippen MR) is 78.2 cm³/mol. The monoisotopic (exact) mass is 327 g/mol. The molecule has 0 atom stereocenters. The van der Waals surface area contributed by atoms with Gasteiger partial charge >= 0.3 is 0 Å². The van der Waals surface area contributed by atoms with E-state index >= 15 is 0 Å². The van der Waals surface area contributed by atoms with E-state index in [0.717, 1.165) is 31.0 Å². The lowest BCUT2D eigenvalue weighted by Crippen LogP contribution is -2.51. The van der Waals surface area contributed by atoms with Gasteiger partial charge in [0.2, 0.25) is 0 Å². The third-order valence-corrected chi connectivity index (χ3v) is 4.94. The smallest absolute Gasteiger partial charge is 0.251 e. The Morgan fingerprint density at radius 3 is 2.63 bits per heavy atom. The number of rotatable bonds is 3. The molecule has 1 saturated carbocycles. The first-order valence-electron chi connectivity index (χ1n) is 6.71. The Bertz CT molecular complexity index is 469. The molecule has 1 fully saturated rings. The summed E-state index contributed by atoms with van der Waals surface area (Å²) in [5, 5.41) is 3.91. The van der Waals surface area contributed by atoms with Crippen molar-refractivity contribution in [2.45, 2.75) is 44.6 Å². The average Bonchev–Trinajstić information content (AvgIpc) is 2.43. The summed E-state index contributed by atoms with van der Waals surface area (Å²) in [5.41, 5.74) is 0.895. The third kappa shape index (κ3) is 3.35. The van der Waals surface area contributed by atoms with E-state index in [9.17, 15) is 9.18 Å². The van der Waals surface area contributed by atoms with E-state index in [1.54, 1.807) is 19.1 Å². The minimum Gasteiger partial charge on any atom is -0.346 e. The van der Waals surface area contributed by atoms with Gasteiger partial charge in [0.15, 0.2) is 0 Å². The maximum absolute atomic E-state index is 13.2. The van der Waals surface area contributed by atoms with E-state index in [4.69, 9.17) is 0 Å². The summed E-state index contributed by atoms with van der Waals surface area (Å²) < 4.78 is 13.2. The zero-order chi connectivity index (χ0) is 13.9. The van der Waals surface area contributed by atoms with Crippen LogP contribution < -0.4 is 5.32 Å². The van der Waals surface area contributed by atoms with Crippen molar-refractivity contribution in [3.8, 4) is 0 Å². The number of hydrogen-bond acceptors (Lipinski definition) is 1. The number of nitrogens with one attached hydrogen (secondary N) is 1. The van der Waals surface area contributed by atoms with Crippen LogP contribution in [0.3, 0.4) is 0 Å². The van der Waals surface area contributed by atoms with E-state index in [-0.39, 0.29) is 17.3 Å². The van der Waals surface area contributed by atoms with Crippen LogP contribution in [0.1, 0.15) is 48.0 Å². The lowest BCUT2D eigenvalue weighted by Gasteiger charge is -2.36. The van der Waals surface area contributed by atoms with Gasteiger partial charge in [0.05, 0.1) is 5.54 Å². The molecular weight excluding hydrogens is 309 g/mol. The van der Waals surface area contributed by atoms with Crippen LogP contribution in [0.5, 0.6) is 0 Å². The Labute approximate surface area is 121 Å². The number of amides is 1. The zero-order valence-electron chi connectivity index (χ0n) is 11.1. The van der Waals surface area contributed by atoms with Crippen molar-refractivity contribution < 1.29 is 9.18 Å². The molecule has 2 rings (SSSR count). The fourth-order valence-electron chi connectivity index (χ4n) is 2.62. The van der Waals surface area contributed by atoms with E-state index in [1.165, 1.54) is 12.5 Å². The topological polar surface area (TPSA) is 29.1 Å². The molecule has 1 aliphatic carbocycles. The summed E-state index contributed by atoms with van der Waals surface area (Å²) in [6.45, 7) is 1.67. The molecule has 1 N–H and O–H groups in total. The second-order valence-electron chi connectivity index (χ2n) is 5.39. The van der Waals surface area contributed by atoms with Gasteiger partial charge in [-0.1, -0.05) is 35.2 Å². The molecule has 19 heavy (non-hydrogen) atoms. The van der Waals surface area contributed by atoms with Gasteiger partial charge in [0, 0.05) is 10.9 Å². The van der Waals surface area contributed by atoms with Crippen LogP contribution >= 0.6 is 15.9 Å². The van der Waals surface area contributed by atoms with Crippen LogP contribution in [0, 0.1) is 12.7 Å². The number of carbonyl (C=O) groups is 1. The summed E-state index contributed by atoms with van der Waals surface area (Å²) >= 11 is 3.52. The van der Waals surface area contributed by atoms with Crippen molar-refractivity contribution in [1.29, 1.82) is 0 Å². The number of hydrogen-bond donors (Lipinski definition) is 1. The fraction of sp³-hybridized carbons (Fsp3) is 0.533. The average molecular weight is 328 g/mol. The molecule has 4 heteroatoms. The number of benzene rings is 1. The second-order valence-corrected chi connectivity index (χ2v) is 5.95. The first-order chi connectivity index (χ1) is 9.06. The molecule has 0 bridgehead atoms. The van der Waals surface area contributed by atoms with Gasteiger partial charge in [-0.2, -0.15) is 0 Å². The molecule has 2 nitrogen and oxygen atoms in total. The number of aryl methyl sites for hydroxylation is 1. The lowest BCUT2D eigenvalue weighted by molar-refractivity contribution is 0.0886. The standard InChI is InChI=1S/C15H19BrFNO/c1-11-9-12(5-6-13(11)17)14(19)18-15(10-16)7-3-2-4-8-15/h5-6,9H,2-4,7-8,10H2,1H3,(H,18,19). The van der Waals surface area contributed by atoms with Crippen LogP contribution in [0.25, 0.3) is 0 Å². The van der Waals surface area contributed by atoms with E-state index in [1.807, 2.05) is 0 Å². The van der Waals surface area contributed by atoms with Gasteiger partial charge in [-0.05, 0) is 43.5 Å². The van der Waals surface area contributed by atoms with E-state index in [2.05, 4.69) is 21.2 Å². The molecule has 104 valence electrons. The number of carbonyl (C=O) groups excluding carboxylic acids is 1. The Kier molecular flexibility index (Phi) is 4.61. The molecule has 1 aliphatic rings. The zero-order valence-corrected chi connectivity index (χ0v) is 12.7. The highest BCUT2D eigenvalue weighted by molar-refractivity contribution is 9.09. The van der Waals surface area contributed by atoms with Gasteiger partial charge in [-0.15, -0.1) is 0 Å². The van der Waals surface area contributed by atoms with E-state index in [0.29, 0.717) is 11.1 Å². The summed E-state index contributed by atoms with van der Waals surface area (Å²) in [6, 6.07) is 4.50. The van der Waals surface area contributed by atoms with Crippen molar-refractivity contribution in [1.82, 2.24) is 5.32 Å². The van der Waals surface area contributed by atoms with Gasteiger partial charge in [0.1, 0.15) is 5.82 Å². The van der Waals surface area contributed by atoms with Crippen molar-refractivity contribution in [2.75, 3.05) is 5.33 Å². The Hall–Kier alpha value is -0.900. The van der Waals surface area contributed by atoms with Gasteiger partial charge in [-0.25, -0.2) is 4.39 Å². The molecule has 1 amide bonds. The summed E-state index contributed by atoms with van der Waals surface area (Å²) in [5.74, 6) is -0.381. The largest absolute Gasteiger partial charge is 0.346 e. The van der Waals surface area contributed by atoms with Crippen molar-refractivity contribution in [3.05, 3.63) is 35.1 Å². The Balaban J connectivity index is 2.12. The SMILES string of the molecule is Cc1cc(C(=O)NC2(CBr)CCCCC2)ccc1F. The molecule has 0 radical (unpaired) electrons. The maximum Gasteiger partial charge on any atom is 0.251 e. The van der Waals surface area contributed by atoms with Crippen molar-refractivity contribution in [3.63, 3.8) is 0 Å². The highest BCUT2D eigenvalue weighted by Gasteiger charge is 2.32. The highest BCUT2D eigenvalue weighted by atomic mass is 79.9. The Morgan fingerprint density at radius 1 is 1.37 bits per heavy atom. The number of alkyl halides is 1. The Morgan fingerprint density at radius 2 is 2.05 bits per heavy atom. The third-order valence-electron chi connectivity index (χ3n) is 3.87. The second kappa shape index (κ2) is 6.04. The maximum atomic E-state index is 13.2. The fourth-order valence-corrected chi connectivity index (χ4v) is 3.32. The molecule has 0 unspecified atom stereocenters. The van der Waals surface area contributed by atoms with Crippen molar-refractivity contribution >= 4 is 21.8 Å². The van der Waals surface area contributed by atoms with Crippen LogP contribution in [-0.4, -0.2) is 16.8 Å².